The van der Waals surface area contributed by atoms with Gasteiger partial charge in [-0.15, -0.1) is 0 Å². The third kappa shape index (κ3) is 5.71. The Kier molecular flexibility index (Phi) is 6.15. The summed E-state index contributed by atoms with van der Waals surface area (Å²) in [5, 5.41) is 13.3. The predicted molar refractivity (Wildman–Crippen MR) is 81.2 cm³/mol. The minimum atomic E-state index is -0.746. The van der Waals surface area contributed by atoms with E-state index in [1.807, 2.05) is 6.26 Å². The van der Waals surface area contributed by atoms with Crippen molar-refractivity contribution < 1.29 is 9.90 Å². The lowest BCUT2D eigenvalue weighted by atomic mass is 9.71. The second-order valence-electron chi connectivity index (χ2n) is 6.49. The summed E-state index contributed by atoms with van der Waals surface area (Å²) in [6.07, 6.45) is 6.17. The molecule has 112 valence electrons. The minimum absolute atomic E-state index is 0.146. The SMILES string of the molecule is CSCC[C@@H](N)C(=O)NCC1(O)CCC(C)(C)CC1. The highest BCUT2D eigenvalue weighted by atomic mass is 32.2. The Morgan fingerprint density at radius 2 is 1.95 bits per heavy atom. The standard InChI is InChI=1S/C14H28N2O2S/c1-13(2)5-7-14(18,8-6-13)10-16-12(17)11(15)4-9-19-3/h11,18H,4-10,15H2,1-3H3,(H,16,17)/t11-/m1/s1. The Morgan fingerprint density at radius 3 is 2.47 bits per heavy atom. The minimum Gasteiger partial charge on any atom is -0.388 e. The van der Waals surface area contributed by atoms with E-state index in [-0.39, 0.29) is 5.91 Å². The van der Waals surface area contributed by atoms with E-state index in [1.165, 1.54) is 0 Å². The number of nitrogens with one attached hydrogen (secondary N) is 1. The highest BCUT2D eigenvalue weighted by molar-refractivity contribution is 7.98. The topological polar surface area (TPSA) is 75.4 Å². The zero-order chi connectivity index (χ0) is 14.5. The Balaban J connectivity index is 2.33. The van der Waals surface area contributed by atoms with Crippen LogP contribution < -0.4 is 11.1 Å². The largest absolute Gasteiger partial charge is 0.388 e. The van der Waals surface area contributed by atoms with Gasteiger partial charge in [0.2, 0.25) is 5.91 Å². The molecule has 0 aromatic carbocycles. The quantitative estimate of drug-likeness (QED) is 0.692. The third-order valence-corrected chi connectivity index (χ3v) is 4.74. The van der Waals surface area contributed by atoms with Crippen LogP contribution >= 0.6 is 11.8 Å². The van der Waals surface area contributed by atoms with Crippen molar-refractivity contribution in [2.24, 2.45) is 11.1 Å². The molecule has 1 aliphatic carbocycles. The molecule has 1 amide bonds. The van der Waals surface area contributed by atoms with Crippen LogP contribution in [0.1, 0.15) is 46.0 Å². The van der Waals surface area contributed by atoms with E-state index in [0.717, 1.165) is 31.4 Å². The molecule has 0 aliphatic heterocycles. The summed E-state index contributed by atoms with van der Waals surface area (Å²) in [7, 11) is 0. The van der Waals surface area contributed by atoms with Crippen LogP contribution in [0.2, 0.25) is 0 Å². The number of rotatable bonds is 6. The maximum absolute atomic E-state index is 11.8. The summed E-state index contributed by atoms with van der Waals surface area (Å²) in [4.78, 5) is 11.8. The smallest absolute Gasteiger partial charge is 0.237 e. The molecule has 0 aromatic heterocycles. The summed E-state index contributed by atoms with van der Waals surface area (Å²) in [5.41, 5.74) is 5.36. The zero-order valence-corrected chi connectivity index (χ0v) is 13.2. The summed E-state index contributed by atoms with van der Waals surface area (Å²) in [5.74, 6) is 0.736. The van der Waals surface area contributed by atoms with Crippen LogP contribution in [-0.2, 0) is 4.79 Å². The van der Waals surface area contributed by atoms with Crippen LogP contribution in [-0.4, -0.2) is 41.2 Å². The number of nitrogens with two attached hydrogens (primary N) is 1. The lowest BCUT2D eigenvalue weighted by molar-refractivity contribution is -0.124. The van der Waals surface area contributed by atoms with Crippen molar-refractivity contribution in [3.63, 3.8) is 0 Å². The fourth-order valence-electron chi connectivity index (χ4n) is 2.33. The van der Waals surface area contributed by atoms with Crippen LogP contribution in [0, 0.1) is 5.41 Å². The third-order valence-electron chi connectivity index (χ3n) is 4.10. The fourth-order valence-corrected chi connectivity index (χ4v) is 2.82. The van der Waals surface area contributed by atoms with Crippen LogP contribution in [0.5, 0.6) is 0 Å². The molecule has 5 heteroatoms. The van der Waals surface area contributed by atoms with Gasteiger partial charge in [0.25, 0.3) is 0 Å². The zero-order valence-electron chi connectivity index (χ0n) is 12.4. The Morgan fingerprint density at radius 1 is 1.37 bits per heavy atom. The molecule has 1 fully saturated rings. The van der Waals surface area contributed by atoms with E-state index >= 15 is 0 Å². The summed E-state index contributed by atoms with van der Waals surface area (Å²) >= 11 is 1.68. The van der Waals surface area contributed by atoms with Gasteiger partial charge in [-0.05, 0) is 49.5 Å². The van der Waals surface area contributed by atoms with Gasteiger partial charge < -0.3 is 16.2 Å². The van der Waals surface area contributed by atoms with Gasteiger partial charge in [0.15, 0.2) is 0 Å². The molecule has 0 aromatic rings. The van der Waals surface area contributed by atoms with Crippen LogP contribution in [0.3, 0.4) is 0 Å². The van der Waals surface area contributed by atoms with Crippen LogP contribution in [0.4, 0.5) is 0 Å². The maximum Gasteiger partial charge on any atom is 0.237 e. The first-order valence-corrected chi connectivity index (χ1v) is 8.42. The van der Waals surface area contributed by atoms with Crippen molar-refractivity contribution in [3.8, 4) is 0 Å². The first-order valence-electron chi connectivity index (χ1n) is 7.03. The van der Waals surface area contributed by atoms with Crippen molar-refractivity contribution in [3.05, 3.63) is 0 Å². The lowest BCUT2D eigenvalue weighted by Gasteiger charge is -2.40. The maximum atomic E-state index is 11.8. The highest BCUT2D eigenvalue weighted by Crippen LogP contribution is 2.39. The molecular formula is C14H28N2O2S. The monoisotopic (exact) mass is 288 g/mol. The van der Waals surface area contributed by atoms with E-state index in [2.05, 4.69) is 19.2 Å². The number of aliphatic hydroxyl groups is 1. The average Bonchev–Trinajstić information content (AvgIpc) is 2.37. The van der Waals surface area contributed by atoms with E-state index < -0.39 is 11.6 Å². The second-order valence-corrected chi connectivity index (χ2v) is 7.48. The molecule has 0 unspecified atom stereocenters. The normalized spacial score (nSPS) is 22.8. The summed E-state index contributed by atoms with van der Waals surface area (Å²) in [6.45, 7) is 4.78. The van der Waals surface area contributed by atoms with E-state index in [9.17, 15) is 9.90 Å². The second kappa shape index (κ2) is 6.95. The number of carbonyl (C=O) groups excluding carboxylic acids is 1. The lowest BCUT2D eigenvalue weighted by Crippen LogP contribution is -2.50. The molecule has 0 radical (unpaired) electrons. The van der Waals surface area contributed by atoms with Crippen molar-refractivity contribution in [2.75, 3.05) is 18.6 Å². The molecule has 1 rings (SSSR count). The molecule has 1 saturated carbocycles. The number of carbonyl (C=O) groups is 1. The molecule has 19 heavy (non-hydrogen) atoms. The van der Waals surface area contributed by atoms with Gasteiger partial charge in [0.1, 0.15) is 0 Å². The van der Waals surface area contributed by atoms with Crippen molar-refractivity contribution in [2.45, 2.75) is 57.6 Å². The molecule has 0 saturated heterocycles. The van der Waals surface area contributed by atoms with Crippen LogP contribution in [0.15, 0.2) is 0 Å². The Bertz CT molecular complexity index is 298. The van der Waals surface area contributed by atoms with Gasteiger partial charge in [-0.3, -0.25) is 4.79 Å². The van der Waals surface area contributed by atoms with Gasteiger partial charge in [-0.25, -0.2) is 0 Å². The van der Waals surface area contributed by atoms with Crippen LogP contribution in [0.25, 0.3) is 0 Å². The summed E-state index contributed by atoms with van der Waals surface area (Å²) in [6, 6.07) is -0.462. The first-order chi connectivity index (χ1) is 8.78. The average molecular weight is 288 g/mol. The molecule has 4 N–H and O–H groups in total. The van der Waals surface area contributed by atoms with Gasteiger partial charge >= 0.3 is 0 Å². The van der Waals surface area contributed by atoms with Crippen molar-refractivity contribution in [1.29, 1.82) is 0 Å². The Labute approximate surface area is 120 Å². The molecular weight excluding hydrogens is 260 g/mol. The molecule has 0 spiro atoms. The van der Waals surface area contributed by atoms with E-state index in [4.69, 9.17) is 5.73 Å². The molecule has 1 atom stereocenters. The van der Waals surface area contributed by atoms with Crippen molar-refractivity contribution in [1.82, 2.24) is 5.32 Å². The number of hydrogen-bond donors (Lipinski definition) is 3. The number of thioether (sulfide) groups is 1. The fraction of sp³-hybridized carbons (Fsp3) is 0.929. The van der Waals surface area contributed by atoms with E-state index in [0.29, 0.717) is 18.4 Å². The highest BCUT2D eigenvalue weighted by Gasteiger charge is 2.36. The molecule has 0 bridgehead atoms. The molecule has 4 nitrogen and oxygen atoms in total. The predicted octanol–water partition coefficient (Wildman–Crippen LogP) is 1.51. The van der Waals surface area contributed by atoms with Gasteiger partial charge in [0, 0.05) is 6.54 Å². The van der Waals surface area contributed by atoms with Crippen molar-refractivity contribution >= 4 is 17.7 Å². The first kappa shape index (κ1) is 16.8. The van der Waals surface area contributed by atoms with E-state index in [1.54, 1.807) is 11.8 Å². The van der Waals surface area contributed by atoms with Gasteiger partial charge in [0.05, 0.1) is 11.6 Å². The Hall–Kier alpha value is -0.260. The molecule has 1 aliphatic rings. The number of hydrogen-bond acceptors (Lipinski definition) is 4. The molecule has 0 heterocycles. The van der Waals surface area contributed by atoms with Gasteiger partial charge in [-0.2, -0.15) is 11.8 Å². The number of amides is 1. The summed E-state index contributed by atoms with van der Waals surface area (Å²) < 4.78 is 0. The van der Waals surface area contributed by atoms with Gasteiger partial charge in [-0.1, -0.05) is 13.8 Å².